The number of allylic oxidation sites excluding steroid dienone is 6. The lowest BCUT2D eigenvalue weighted by molar-refractivity contribution is -0.167. The fourth-order valence-electron chi connectivity index (χ4n) is 8.22. The lowest BCUT2D eigenvalue weighted by Crippen LogP contribution is -2.30. The molecule has 0 radical (unpaired) electrons. The molecule has 0 aliphatic rings. The summed E-state index contributed by atoms with van der Waals surface area (Å²) in [6.45, 7) is 6.56. The van der Waals surface area contributed by atoms with Crippen LogP contribution in [0.3, 0.4) is 0 Å². The third kappa shape index (κ3) is 50.6. The Morgan fingerprint density at radius 2 is 0.609 bits per heavy atom. The Morgan fingerprint density at radius 1 is 0.328 bits per heavy atom. The molecule has 1 atom stereocenters. The molecular formula is C58H106O6. The number of carbonyl (C=O) groups excluding carboxylic acids is 3. The van der Waals surface area contributed by atoms with Crippen molar-refractivity contribution in [3.63, 3.8) is 0 Å². The van der Waals surface area contributed by atoms with Crippen LogP contribution in [0.15, 0.2) is 36.5 Å². The fraction of sp³-hybridized carbons (Fsp3) is 0.845. The van der Waals surface area contributed by atoms with Gasteiger partial charge in [-0.25, -0.2) is 0 Å². The van der Waals surface area contributed by atoms with E-state index >= 15 is 0 Å². The Hall–Kier alpha value is -2.37. The molecule has 0 aromatic rings. The minimum absolute atomic E-state index is 0.0715. The molecule has 0 heterocycles. The molecule has 0 spiro atoms. The van der Waals surface area contributed by atoms with E-state index in [2.05, 4.69) is 57.2 Å². The molecule has 0 fully saturated rings. The maximum absolute atomic E-state index is 12.8. The first-order chi connectivity index (χ1) is 31.5. The fourth-order valence-corrected chi connectivity index (χ4v) is 8.22. The molecule has 6 heteroatoms. The van der Waals surface area contributed by atoms with Gasteiger partial charge in [-0.05, 0) is 51.4 Å². The van der Waals surface area contributed by atoms with Gasteiger partial charge in [0.15, 0.2) is 6.10 Å². The summed E-state index contributed by atoms with van der Waals surface area (Å²) in [6.07, 6.45) is 62.7. The third-order valence-electron chi connectivity index (χ3n) is 12.4. The second kappa shape index (κ2) is 53.2. The molecule has 0 aromatic carbocycles. The summed E-state index contributed by atoms with van der Waals surface area (Å²) in [6, 6.07) is 0. The summed E-state index contributed by atoms with van der Waals surface area (Å²) >= 11 is 0. The number of carbonyl (C=O) groups is 3. The van der Waals surface area contributed by atoms with E-state index in [1.165, 1.54) is 173 Å². The predicted molar refractivity (Wildman–Crippen MR) is 275 cm³/mol. The summed E-state index contributed by atoms with van der Waals surface area (Å²) in [5.74, 6) is -0.867. The molecule has 0 saturated carbocycles. The van der Waals surface area contributed by atoms with Gasteiger partial charge >= 0.3 is 17.9 Å². The Labute approximate surface area is 397 Å². The molecule has 0 rings (SSSR count). The van der Waals surface area contributed by atoms with Gasteiger partial charge < -0.3 is 14.2 Å². The van der Waals surface area contributed by atoms with Gasteiger partial charge in [0, 0.05) is 19.3 Å². The van der Waals surface area contributed by atoms with Gasteiger partial charge in [-0.1, -0.05) is 263 Å². The molecule has 0 saturated heterocycles. The van der Waals surface area contributed by atoms with Crippen LogP contribution < -0.4 is 0 Å². The van der Waals surface area contributed by atoms with Crippen LogP contribution >= 0.6 is 0 Å². The van der Waals surface area contributed by atoms with Gasteiger partial charge in [0.2, 0.25) is 0 Å². The van der Waals surface area contributed by atoms with Crippen molar-refractivity contribution < 1.29 is 28.6 Å². The van der Waals surface area contributed by atoms with Gasteiger partial charge in [-0.15, -0.1) is 0 Å². The minimum atomic E-state index is -0.772. The molecular weight excluding hydrogens is 793 g/mol. The highest BCUT2D eigenvalue weighted by molar-refractivity contribution is 5.71. The maximum atomic E-state index is 12.8. The van der Waals surface area contributed by atoms with E-state index in [-0.39, 0.29) is 31.1 Å². The molecule has 6 nitrogen and oxygen atoms in total. The van der Waals surface area contributed by atoms with E-state index < -0.39 is 6.10 Å². The number of esters is 3. The number of rotatable bonds is 51. The highest BCUT2D eigenvalue weighted by atomic mass is 16.6. The van der Waals surface area contributed by atoms with E-state index in [9.17, 15) is 14.4 Å². The van der Waals surface area contributed by atoms with Crippen molar-refractivity contribution in [2.75, 3.05) is 13.2 Å². The highest BCUT2D eigenvalue weighted by Crippen LogP contribution is 2.17. The lowest BCUT2D eigenvalue weighted by atomic mass is 10.0. The quantitative estimate of drug-likeness (QED) is 0.0262. The molecule has 0 bridgehead atoms. The smallest absolute Gasteiger partial charge is 0.306 e. The molecule has 374 valence electrons. The Kier molecular flexibility index (Phi) is 51.3. The van der Waals surface area contributed by atoms with Crippen molar-refractivity contribution in [1.29, 1.82) is 0 Å². The first-order valence-electron chi connectivity index (χ1n) is 28.0. The molecule has 0 N–H and O–H groups in total. The SMILES string of the molecule is CC/C=C\C/C=C\C/C=C\CCCCCCCCC(=O)OCC(COC(=O)CCCCCCCCCCCCCCCC)OC(=O)CCCCCCCCCCCCCCCCCC. The maximum Gasteiger partial charge on any atom is 0.306 e. The normalized spacial score (nSPS) is 12.2. The van der Waals surface area contributed by atoms with Gasteiger partial charge in [0.1, 0.15) is 13.2 Å². The van der Waals surface area contributed by atoms with Gasteiger partial charge in [-0.3, -0.25) is 14.4 Å². The third-order valence-corrected chi connectivity index (χ3v) is 12.4. The van der Waals surface area contributed by atoms with E-state index in [0.29, 0.717) is 19.3 Å². The Balaban J connectivity index is 4.35. The van der Waals surface area contributed by atoms with Gasteiger partial charge in [0.05, 0.1) is 0 Å². The van der Waals surface area contributed by atoms with E-state index in [4.69, 9.17) is 14.2 Å². The monoisotopic (exact) mass is 899 g/mol. The van der Waals surface area contributed by atoms with Gasteiger partial charge in [0.25, 0.3) is 0 Å². The van der Waals surface area contributed by atoms with Crippen LogP contribution in [0.5, 0.6) is 0 Å². The molecule has 0 aliphatic carbocycles. The standard InChI is InChI=1S/C58H106O6/c1-4-7-10-13-16-19-22-25-28-30-33-36-39-42-45-48-51-57(60)63-54-55(53-62-56(59)50-47-44-41-38-35-32-27-24-21-18-15-12-9-6-3)64-58(61)52-49-46-43-40-37-34-31-29-26-23-20-17-14-11-8-5-2/h7,10,16,19,25,28,55H,4-6,8-9,11-15,17-18,20-24,26-27,29-54H2,1-3H3/b10-7-,19-16-,28-25-. The van der Waals surface area contributed by atoms with Crippen LogP contribution in [0, 0.1) is 0 Å². The first kappa shape index (κ1) is 61.6. The number of ether oxygens (including phenoxy) is 3. The van der Waals surface area contributed by atoms with Crippen LogP contribution in [0.2, 0.25) is 0 Å². The largest absolute Gasteiger partial charge is 0.462 e. The van der Waals surface area contributed by atoms with Gasteiger partial charge in [-0.2, -0.15) is 0 Å². The zero-order valence-corrected chi connectivity index (χ0v) is 42.8. The van der Waals surface area contributed by atoms with Crippen LogP contribution in [-0.4, -0.2) is 37.2 Å². The van der Waals surface area contributed by atoms with Crippen LogP contribution in [0.4, 0.5) is 0 Å². The molecule has 0 aliphatic heterocycles. The zero-order valence-electron chi connectivity index (χ0n) is 42.8. The van der Waals surface area contributed by atoms with Crippen LogP contribution in [0.1, 0.15) is 297 Å². The van der Waals surface area contributed by atoms with Crippen LogP contribution in [-0.2, 0) is 28.6 Å². The topological polar surface area (TPSA) is 78.9 Å². The summed E-state index contributed by atoms with van der Waals surface area (Å²) in [5.41, 5.74) is 0. The summed E-state index contributed by atoms with van der Waals surface area (Å²) in [7, 11) is 0. The van der Waals surface area contributed by atoms with Crippen molar-refractivity contribution in [3.8, 4) is 0 Å². The van der Waals surface area contributed by atoms with E-state index in [1.807, 2.05) is 0 Å². The second-order valence-electron chi connectivity index (χ2n) is 18.8. The van der Waals surface area contributed by atoms with E-state index in [0.717, 1.165) is 83.5 Å². The summed E-state index contributed by atoms with van der Waals surface area (Å²) in [4.78, 5) is 38.1. The lowest BCUT2D eigenvalue weighted by Gasteiger charge is -2.18. The summed E-state index contributed by atoms with van der Waals surface area (Å²) < 4.78 is 16.9. The van der Waals surface area contributed by atoms with Crippen molar-refractivity contribution in [3.05, 3.63) is 36.5 Å². The molecule has 64 heavy (non-hydrogen) atoms. The zero-order chi connectivity index (χ0) is 46.5. The average Bonchev–Trinajstić information content (AvgIpc) is 3.29. The summed E-state index contributed by atoms with van der Waals surface area (Å²) in [5, 5.41) is 0. The first-order valence-corrected chi connectivity index (χ1v) is 28.0. The number of hydrogen-bond acceptors (Lipinski definition) is 6. The highest BCUT2D eigenvalue weighted by Gasteiger charge is 2.19. The van der Waals surface area contributed by atoms with E-state index in [1.54, 1.807) is 0 Å². The molecule has 0 aromatic heterocycles. The average molecular weight is 899 g/mol. The minimum Gasteiger partial charge on any atom is -0.462 e. The molecule has 1 unspecified atom stereocenters. The van der Waals surface area contributed by atoms with Crippen molar-refractivity contribution in [2.45, 2.75) is 303 Å². The van der Waals surface area contributed by atoms with Crippen LogP contribution in [0.25, 0.3) is 0 Å². The predicted octanol–water partition coefficient (Wildman–Crippen LogP) is 18.5. The van der Waals surface area contributed by atoms with Crippen molar-refractivity contribution in [2.24, 2.45) is 0 Å². The Bertz CT molecular complexity index is 1080. The van der Waals surface area contributed by atoms with Crippen molar-refractivity contribution >= 4 is 17.9 Å². The number of hydrogen-bond donors (Lipinski definition) is 0. The van der Waals surface area contributed by atoms with Crippen molar-refractivity contribution in [1.82, 2.24) is 0 Å². The second-order valence-corrected chi connectivity index (χ2v) is 18.8. The Morgan fingerprint density at radius 3 is 0.953 bits per heavy atom. The number of unbranched alkanes of at least 4 members (excludes halogenated alkanes) is 34. The molecule has 0 amide bonds.